The molecule has 1 heterocycles. The number of carbonyl (C=O) groups excluding carboxylic acids is 1. The van der Waals surface area contributed by atoms with Crippen molar-refractivity contribution >= 4 is 5.78 Å². The van der Waals surface area contributed by atoms with Crippen molar-refractivity contribution < 1.29 is 4.79 Å². The molecule has 0 aromatic carbocycles. The summed E-state index contributed by atoms with van der Waals surface area (Å²) in [4.78, 5) is 11.7. The Labute approximate surface area is 84.4 Å². The number of aromatic nitrogens is 2. The summed E-state index contributed by atoms with van der Waals surface area (Å²) in [5.41, 5.74) is 1.69. The SMILES string of the molecule is CCCn1nccc1C(=O)C=C(C)C. The van der Waals surface area contributed by atoms with E-state index in [1.54, 1.807) is 23.0 Å². The minimum Gasteiger partial charge on any atom is -0.288 e. The van der Waals surface area contributed by atoms with Gasteiger partial charge in [0.25, 0.3) is 0 Å². The van der Waals surface area contributed by atoms with Gasteiger partial charge in [0.2, 0.25) is 5.78 Å². The molecule has 0 aliphatic heterocycles. The first-order valence-electron chi connectivity index (χ1n) is 4.86. The Kier molecular flexibility index (Phi) is 3.63. The van der Waals surface area contributed by atoms with Gasteiger partial charge in [0.05, 0.1) is 0 Å². The third-order valence-corrected chi connectivity index (χ3v) is 1.82. The summed E-state index contributed by atoms with van der Waals surface area (Å²) in [6.07, 6.45) is 4.29. The molecule has 0 N–H and O–H groups in total. The van der Waals surface area contributed by atoms with Crippen LogP contribution in [0.4, 0.5) is 0 Å². The van der Waals surface area contributed by atoms with Crippen molar-refractivity contribution in [2.24, 2.45) is 0 Å². The lowest BCUT2D eigenvalue weighted by Crippen LogP contribution is -2.08. The predicted molar refractivity (Wildman–Crippen MR) is 56.3 cm³/mol. The summed E-state index contributed by atoms with van der Waals surface area (Å²) >= 11 is 0. The largest absolute Gasteiger partial charge is 0.288 e. The molecule has 1 aromatic rings. The Bertz CT molecular complexity index is 346. The van der Waals surface area contributed by atoms with E-state index in [-0.39, 0.29) is 5.78 Å². The number of hydrogen-bond donors (Lipinski definition) is 0. The zero-order valence-electron chi connectivity index (χ0n) is 8.95. The molecule has 1 rings (SSSR count). The highest BCUT2D eigenvalue weighted by Crippen LogP contribution is 2.04. The Balaban J connectivity index is 2.89. The molecule has 0 saturated heterocycles. The van der Waals surface area contributed by atoms with E-state index in [9.17, 15) is 4.79 Å². The van der Waals surface area contributed by atoms with Crippen LogP contribution >= 0.6 is 0 Å². The molecule has 0 amide bonds. The van der Waals surface area contributed by atoms with E-state index in [0.29, 0.717) is 5.69 Å². The van der Waals surface area contributed by atoms with Gasteiger partial charge in [-0.25, -0.2) is 0 Å². The summed E-state index contributed by atoms with van der Waals surface area (Å²) in [7, 11) is 0. The van der Waals surface area contributed by atoms with Gasteiger partial charge in [0.15, 0.2) is 0 Å². The zero-order chi connectivity index (χ0) is 10.6. The molecule has 3 nitrogen and oxygen atoms in total. The van der Waals surface area contributed by atoms with Crippen LogP contribution in [0.25, 0.3) is 0 Å². The summed E-state index contributed by atoms with van der Waals surface area (Å²) < 4.78 is 1.75. The normalized spacial score (nSPS) is 9.93. The highest BCUT2D eigenvalue weighted by atomic mass is 16.1. The van der Waals surface area contributed by atoms with Gasteiger partial charge in [0.1, 0.15) is 5.69 Å². The number of ketones is 1. The molecule has 0 aliphatic carbocycles. The van der Waals surface area contributed by atoms with Crippen molar-refractivity contribution in [3.05, 3.63) is 29.6 Å². The molecule has 0 spiro atoms. The quantitative estimate of drug-likeness (QED) is 0.542. The second-order valence-corrected chi connectivity index (χ2v) is 3.53. The molecule has 0 bridgehead atoms. The van der Waals surface area contributed by atoms with Crippen LogP contribution in [-0.4, -0.2) is 15.6 Å². The molecule has 0 fully saturated rings. The van der Waals surface area contributed by atoms with E-state index >= 15 is 0 Å². The van der Waals surface area contributed by atoms with Crippen LogP contribution in [-0.2, 0) is 6.54 Å². The molecule has 0 radical (unpaired) electrons. The van der Waals surface area contributed by atoms with Gasteiger partial charge >= 0.3 is 0 Å². The standard InChI is InChI=1S/C11H16N2O/c1-4-7-13-10(5-6-12-13)11(14)8-9(2)3/h5-6,8H,4,7H2,1-3H3. The second kappa shape index (κ2) is 4.74. The first kappa shape index (κ1) is 10.7. The number of aryl methyl sites for hydroxylation is 1. The van der Waals surface area contributed by atoms with E-state index in [4.69, 9.17) is 0 Å². The number of allylic oxidation sites excluding steroid dienone is 2. The van der Waals surface area contributed by atoms with Crippen molar-refractivity contribution in [1.82, 2.24) is 9.78 Å². The van der Waals surface area contributed by atoms with Gasteiger partial charge in [-0.05, 0) is 32.4 Å². The predicted octanol–water partition coefficient (Wildman–Crippen LogP) is 2.44. The molecule has 14 heavy (non-hydrogen) atoms. The van der Waals surface area contributed by atoms with Crippen LogP contribution in [0.2, 0.25) is 0 Å². The fraction of sp³-hybridized carbons (Fsp3) is 0.455. The smallest absolute Gasteiger partial charge is 0.203 e. The highest BCUT2D eigenvalue weighted by Gasteiger charge is 2.08. The maximum Gasteiger partial charge on any atom is 0.203 e. The van der Waals surface area contributed by atoms with Gasteiger partial charge < -0.3 is 0 Å². The molecule has 1 aromatic heterocycles. The Morgan fingerprint density at radius 3 is 2.86 bits per heavy atom. The Morgan fingerprint density at radius 1 is 1.57 bits per heavy atom. The number of carbonyl (C=O) groups is 1. The first-order valence-corrected chi connectivity index (χ1v) is 4.86. The molecule has 0 aliphatic rings. The van der Waals surface area contributed by atoms with E-state index in [0.717, 1.165) is 18.5 Å². The monoisotopic (exact) mass is 192 g/mol. The van der Waals surface area contributed by atoms with Crippen LogP contribution in [0, 0.1) is 0 Å². The van der Waals surface area contributed by atoms with Crippen LogP contribution in [0.5, 0.6) is 0 Å². The van der Waals surface area contributed by atoms with E-state index in [2.05, 4.69) is 12.0 Å². The van der Waals surface area contributed by atoms with Gasteiger partial charge in [-0.3, -0.25) is 9.48 Å². The van der Waals surface area contributed by atoms with E-state index < -0.39 is 0 Å². The van der Waals surface area contributed by atoms with Crippen LogP contribution in [0.15, 0.2) is 23.9 Å². The average Bonchev–Trinajstić information content (AvgIpc) is 2.51. The van der Waals surface area contributed by atoms with E-state index in [1.165, 1.54) is 0 Å². The van der Waals surface area contributed by atoms with Crippen molar-refractivity contribution in [3.63, 3.8) is 0 Å². The van der Waals surface area contributed by atoms with Gasteiger partial charge in [-0.15, -0.1) is 0 Å². The minimum atomic E-state index is 0.0379. The number of rotatable bonds is 4. The molecule has 0 atom stereocenters. The summed E-state index contributed by atoms with van der Waals surface area (Å²) in [6.45, 7) is 6.69. The highest BCUT2D eigenvalue weighted by molar-refractivity contribution is 6.03. The maximum absolute atomic E-state index is 11.7. The topological polar surface area (TPSA) is 34.9 Å². The molecule has 76 valence electrons. The van der Waals surface area contributed by atoms with Crippen LogP contribution < -0.4 is 0 Å². The number of hydrogen-bond acceptors (Lipinski definition) is 2. The molecular formula is C11H16N2O. The minimum absolute atomic E-state index is 0.0379. The van der Waals surface area contributed by atoms with Crippen molar-refractivity contribution in [3.8, 4) is 0 Å². The fourth-order valence-electron chi connectivity index (χ4n) is 1.27. The summed E-state index contributed by atoms with van der Waals surface area (Å²) in [5, 5.41) is 4.10. The second-order valence-electron chi connectivity index (χ2n) is 3.53. The van der Waals surface area contributed by atoms with Crippen molar-refractivity contribution in [1.29, 1.82) is 0 Å². The summed E-state index contributed by atoms with van der Waals surface area (Å²) in [5.74, 6) is 0.0379. The van der Waals surface area contributed by atoms with E-state index in [1.807, 2.05) is 13.8 Å². The Hall–Kier alpha value is -1.38. The Morgan fingerprint density at radius 2 is 2.29 bits per heavy atom. The molecule has 0 unspecified atom stereocenters. The first-order chi connectivity index (χ1) is 6.65. The molecule has 0 saturated carbocycles. The van der Waals surface area contributed by atoms with Gasteiger partial charge in [0, 0.05) is 12.7 Å². The van der Waals surface area contributed by atoms with Crippen LogP contribution in [0.3, 0.4) is 0 Å². The lowest BCUT2D eigenvalue weighted by atomic mass is 10.2. The van der Waals surface area contributed by atoms with Crippen molar-refractivity contribution in [2.75, 3.05) is 0 Å². The van der Waals surface area contributed by atoms with Gasteiger partial charge in [-0.2, -0.15) is 5.10 Å². The fourth-order valence-corrected chi connectivity index (χ4v) is 1.27. The molecular weight excluding hydrogens is 176 g/mol. The lowest BCUT2D eigenvalue weighted by Gasteiger charge is -2.02. The summed E-state index contributed by atoms with van der Waals surface area (Å²) in [6, 6.07) is 1.76. The van der Waals surface area contributed by atoms with Gasteiger partial charge in [-0.1, -0.05) is 12.5 Å². The van der Waals surface area contributed by atoms with Crippen molar-refractivity contribution in [2.45, 2.75) is 33.7 Å². The third-order valence-electron chi connectivity index (χ3n) is 1.82. The molecule has 3 heteroatoms. The number of nitrogens with zero attached hydrogens (tertiary/aromatic N) is 2. The average molecular weight is 192 g/mol. The third kappa shape index (κ3) is 2.55. The van der Waals surface area contributed by atoms with Crippen LogP contribution in [0.1, 0.15) is 37.7 Å². The lowest BCUT2D eigenvalue weighted by molar-refractivity contribution is 0.103. The zero-order valence-corrected chi connectivity index (χ0v) is 8.95. The maximum atomic E-state index is 11.7.